The van der Waals surface area contributed by atoms with Gasteiger partial charge in [-0.3, -0.25) is 4.79 Å². The van der Waals surface area contributed by atoms with Gasteiger partial charge in [0.2, 0.25) is 0 Å². The molecule has 0 saturated heterocycles. The van der Waals surface area contributed by atoms with E-state index in [4.69, 9.17) is 0 Å². The summed E-state index contributed by atoms with van der Waals surface area (Å²) in [5.41, 5.74) is 1.98. The predicted molar refractivity (Wildman–Crippen MR) is 91.1 cm³/mol. The topological polar surface area (TPSA) is 34.0 Å². The second kappa shape index (κ2) is 7.87. The molecule has 3 heteroatoms. The van der Waals surface area contributed by atoms with E-state index in [1.807, 2.05) is 25.2 Å². The Labute approximate surface area is 127 Å². The number of rotatable bonds is 8. The number of anilines is 1. The summed E-state index contributed by atoms with van der Waals surface area (Å²) in [4.78, 5) is 12.0. The van der Waals surface area contributed by atoms with Gasteiger partial charge in [-0.1, -0.05) is 57.2 Å². The highest BCUT2D eigenvalue weighted by molar-refractivity contribution is 5.91. The number of nitrogens with one attached hydrogen (secondary N) is 1. The van der Waals surface area contributed by atoms with E-state index in [1.165, 1.54) is 32.1 Å². The molecule has 21 heavy (non-hydrogen) atoms. The van der Waals surface area contributed by atoms with Crippen molar-refractivity contribution in [3.05, 3.63) is 40.7 Å². The third-order valence-electron chi connectivity index (χ3n) is 4.00. The van der Waals surface area contributed by atoms with E-state index in [2.05, 4.69) is 18.3 Å². The largest absolute Gasteiger partial charge is 0.384 e. The van der Waals surface area contributed by atoms with Crippen LogP contribution in [0.5, 0.6) is 0 Å². The average molecular weight is 286 g/mol. The third-order valence-corrected chi connectivity index (χ3v) is 4.00. The number of aromatic nitrogens is 1. The summed E-state index contributed by atoms with van der Waals surface area (Å²) in [5.74, 6) is 0. The van der Waals surface area contributed by atoms with Gasteiger partial charge in [0.1, 0.15) is 0 Å². The van der Waals surface area contributed by atoms with Gasteiger partial charge in [0.25, 0.3) is 5.56 Å². The first-order chi connectivity index (χ1) is 10.2. The number of para-hydroxylation sites is 1. The highest BCUT2D eigenvalue weighted by atomic mass is 16.1. The van der Waals surface area contributed by atoms with Crippen LogP contribution in [0, 0.1) is 0 Å². The summed E-state index contributed by atoms with van der Waals surface area (Å²) in [6, 6.07) is 9.76. The highest BCUT2D eigenvalue weighted by Crippen LogP contribution is 2.20. The smallest absolute Gasteiger partial charge is 0.252 e. The highest BCUT2D eigenvalue weighted by Gasteiger charge is 2.05. The van der Waals surface area contributed by atoms with Crippen LogP contribution < -0.4 is 10.9 Å². The van der Waals surface area contributed by atoms with Gasteiger partial charge >= 0.3 is 0 Å². The van der Waals surface area contributed by atoms with Crippen molar-refractivity contribution >= 4 is 16.6 Å². The van der Waals surface area contributed by atoms with Crippen LogP contribution >= 0.6 is 0 Å². The molecule has 1 N–H and O–H groups in total. The van der Waals surface area contributed by atoms with Crippen molar-refractivity contribution in [2.75, 3.05) is 11.9 Å². The van der Waals surface area contributed by atoms with Gasteiger partial charge in [-0.05, 0) is 12.5 Å². The van der Waals surface area contributed by atoms with Gasteiger partial charge in [0.05, 0.1) is 5.52 Å². The maximum absolute atomic E-state index is 12.0. The zero-order chi connectivity index (χ0) is 15.1. The van der Waals surface area contributed by atoms with Crippen LogP contribution in [0.4, 0.5) is 5.69 Å². The summed E-state index contributed by atoms with van der Waals surface area (Å²) in [7, 11) is 1.82. The second-order valence-electron chi connectivity index (χ2n) is 5.67. The fraction of sp³-hybridized carbons (Fsp3) is 0.500. The van der Waals surface area contributed by atoms with Crippen molar-refractivity contribution in [1.29, 1.82) is 0 Å². The maximum Gasteiger partial charge on any atom is 0.252 e. The first-order valence-corrected chi connectivity index (χ1v) is 8.06. The lowest BCUT2D eigenvalue weighted by atomic mass is 10.1. The number of aryl methyl sites for hydroxylation is 1. The molecule has 1 aromatic carbocycles. The summed E-state index contributed by atoms with van der Waals surface area (Å²) in [5, 5.41) is 4.55. The van der Waals surface area contributed by atoms with Crippen LogP contribution in [-0.4, -0.2) is 11.1 Å². The lowest BCUT2D eigenvalue weighted by molar-refractivity contribution is 0.617. The Balaban J connectivity index is 1.96. The first kappa shape index (κ1) is 15.6. The van der Waals surface area contributed by atoms with Gasteiger partial charge in [-0.15, -0.1) is 0 Å². The van der Waals surface area contributed by atoms with Crippen LogP contribution in [0.25, 0.3) is 10.9 Å². The molecular weight excluding hydrogens is 260 g/mol. The van der Waals surface area contributed by atoms with Crippen molar-refractivity contribution in [2.24, 2.45) is 7.05 Å². The molecule has 0 aliphatic rings. The molecule has 0 amide bonds. The molecule has 2 rings (SSSR count). The van der Waals surface area contributed by atoms with E-state index in [9.17, 15) is 4.79 Å². The number of unbranched alkanes of at least 4 members (excludes halogenated alkanes) is 5. The average Bonchev–Trinajstić information content (AvgIpc) is 2.51. The number of hydrogen-bond acceptors (Lipinski definition) is 2. The zero-order valence-corrected chi connectivity index (χ0v) is 13.2. The monoisotopic (exact) mass is 286 g/mol. The van der Waals surface area contributed by atoms with E-state index in [0.29, 0.717) is 0 Å². The van der Waals surface area contributed by atoms with Gasteiger partial charge in [-0.2, -0.15) is 0 Å². The quantitative estimate of drug-likeness (QED) is 0.734. The van der Waals surface area contributed by atoms with Crippen molar-refractivity contribution in [3.63, 3.8) is 0 Å². The Kier molecular flexibility index (Phi) is 5.85. The molecule has 1 heterocycles. The van der Waals surface area contributed by atoms with Crippen molar-refractivity contribution in [2.45, 2.75) is 45.4 Å². The Morgan fingerprint density at radius 1 is 1.05 bits per heavy atom. The number of nitrogens with zero attached hydrogens (tertiary/aromatic N) is 1. The van der Waals surface area contributed by atoms with E-state index >= 15 is 0 Å². The van der Waals surface area contributed by atoms with E-state index in [1.54, 1.807) is 10.6 Å². The van der Waals surface area contributed by atoms with E-state index in [-0.39, 0.29) is 5.56 Å². The zero-order valence-electron chi connectivity index (χ0n) is 13.2. The van der Waals surface area contributed by atoms with Crippen LogP contribution in [0.1, 0.15) is 45.4 Å². The molecule has 0 unspecified atom stereocenters. The standard InChI is InChI=1S/C18H26N2O/c1-3-4-5-6-7-10-13-19-16-14-18(21)20(2)17-12-9-8-11-15(16)17/h8-9,11-12,14,19H,3-7,10,13H2,1-2H3. The summed E-state index contributed by atoms with van der Waals surface area (Å²) >= 11 is 0. The Hall–Kier alpha value is -1.77. The minimum atomic E-state index is 0.0409. The lowest BCUT2D eigenvalue weighted by Gasteiger charge is -2.12. The molecule has 0 radical (unpaired) electrons. The number of benzene rings is 1. The van der Waals surface area contributed by atoms with Crippen LogP contribution in [-0.2, 0) is 7.05 Å². The minimum absolute atomic E-state index is 0.0409. The van der Waals surface area contributed by atoms with E-state index in [0.717, 1.165) is 29.6 Å². The van der Waals surface area contributed by atoms with Gasteiger partial charge in [0, 0.05) is 30.7 Å². The van der Waals surface area contributed by atoms with Gasteiger partial charge in [0.15, 0.2) is 0 Å². The first-order valence-electron chi connectivity index (χ1n) is 8.06. The fourth-order valence-electron chi connectivity index (χ4n) is 2.69. The van der Waals surface area contributed by atoms with Crippen LogP contribution in [0.15, 0.2) is 35.1 Å². The molecule has 0 atom stereocenters. The fourth-order valence-corrected chi connectivity index (χ4v) is 2.69. The molecule has 2 aromatic rings. The molecule has 0 spiro atoms. The third kappa shape index (κ3) is 4.10. The summed E-state index contributed by atoms with van der Waals surface area (Å²) < 4.78 is 1.70. The molecule has 0 aliphatic heterocycles. The maximum atomic E-state index is 12.0. The van der Waals surface area contributed by atoms with Crippen LogP contribution in [0.2, 0.25) is 0 Å². The normalized spacial score (nSPS) is 11.0. The number of fused-ring (bicyclic) bond motifs is 1. The molecule has 0 saturated carbocycles. The molecule has 114 valence electrons. The Bertz CT molecular complexity index is 631. The van der Waals surface area contributed by atoms with Crippen molar-refractivity contribution in [3.8, 4) is 0 Å². The molecule has 1 aromatic heterocycles. The Morgan fingerprint density at radius 3 is 2.57 bits per heavy atom. The minimum Gasteiger partial charge on any atom is -0.384 e. The SMILES string of the molecule is CCCCCCCCNc1cc(=O)n(C)c2ccccc12. The molecule has 0 fully saturated rings. The van der Waals surface area contributed by atoms with Crippen LogP contribution in [0.3, 0.4) is 0 Å². The van der Waals surface area contributed by atoms with Crippen molar-refractivity contribution in [1.82, 2.24) is 4.57 Å². The number of hydrogen-bond donors (Lipinski definition) is 1. The predicted octanol–water partition coefficient (Wildman–Crippen LogP) is 4.31. The van der Waals surface area contributed by atoms with Gasteiger partial charge < -0.3 is 9.88 Å². The van der Waals surface area contributed by atoms with E-state index < -0.39 is 0 Å². The van der Waals surface area contributed by atoms with Crippen molar-refractivity contribution < 1.29 is 0 Å². The molecular formula is C18H26N2O. The summed E-state index contributed by atoms with van der Waals surface area (Å²) in [6.45, 7) is 3.17. The molecule has 0 aliphatic carbocycles. The Morgan fingerprint density at radius 2 is 1.76 bits per heavy atom. The molecule has 3 nitrogen and oxygen atoms in total. The molecule has 0 bridgehead atoms. The second-order valence-corrected chi connectivity index (χ2v) is 5.67. The number of pyridine rings is 1. The lowest BCUT2D eigenvalue weighted by Crippen LogP contribution is -2.17. The summed E-state index contributed by atoms with van der Waals surface area (Å²) in [6.07, 6.45) is 7.70. The van der Waals surface area contributed by atoms with Gasteiger partial charge in [-0.25, -0.2) is 0 Å².